The molecule has 5 heteroatoms. The van der Waals surface area contributed by atoms with Crippen molar-refractivity contribution in [2.75, 3.05) is 26.2 Å². The predicted molar refractivity (Wildman–Crippen MR) is 93.4 cm³/mol. The molecule has 0 aromatic carbocycles. The highest BCUT2D eigenvalue weighted by Gasteiger charge is 2.24. The smallest absolute Gasteiger partial charge is 0.222 e. The van der Waals surface area contributed by atoms with Crippen molar-refractivity contribution >= 4 is 5.91 Å². The van der Waals surface area contributed by atoms with Crippen LogP contribution in [0, 0.1) is 0 Å². The summed E-state index contributed by atoms with van der Waals surface area (Å²) in [5.41, 5.74) is 2.26. The van der Waals surface area contributed by atoms with E-state index in [2.05, 4.69) is 27.9 Å². The van der Waals surface area contributed by atoms with Crippen LogP contribution in [0.2, 0.25) is 0 Å². The van der Waals surface area contributed by atoms with Gasteiger partial charge >= 0.3 is 0 Å². The van der Waals surface area contributed by atoms with Crippen molar-refractivity contribution < 1.29 is 4.79 Å². The van der Waals surface area contributed by atoms with Gasteiger partial charge in [-0.15, -0.1) is 0 Å². The molecule has 126 valence electrons. The number of aromatic nitrogens is 2. The van der Waals surface area contributed by atoms with Crippen molar-refractivity contribution in [2.45, 2.75) is 25.8 Å². The van der Waals surface area contributed by atoms with Gasteiger partial charge in [-0.05, 0) is 43.2 Å². The van der Waals surface area contributed by atoms with Gasteiger partial charge in [0.05, 0.1) is 5.69 Å². The number of nitrogens with zero attached hydrogens (tertiary/aromatic N) is 4. The number of aryl methyl sites for hydroxylation is 1. The molecule has 1 amide bonds. The number of amides is 1. The number of carbonyl (C=O) groups excluding carboxylic acids is 1. The van der Waals surface area contributed by atoms with Gasteiger partial charge in [0.1, 0.15) is 0 Å². The Morgan fingerprint density at radius 1 is 1.08 bits per heavy atom. The molecule has 1 aliphatic rings. The average molecular weight is 324 g/mol. The summed E-state index contributed by atoms with van der Waals surface area (Å²) in [6.07, 6.45) is 6.74. The van der Waals surface area contributed by atoms with Crippen LogP contribution in [0.3, 0.4) is 0 Å². The first-order valence-electron chi connectivity index (χ1n) is 8.55. The Labute approximate surface area is 143 Å². The average Bonchev–Trinajstić information content (AvgIpc) is 2.67. The summed E-state index contributed by atoms with van der Waals surface area (Å²) in [5, 5.41) is 0. The van der Waals surface area contributed by atoms with Crippen molar-refractivity contribution in [2.24, 2.45) is 0 Å². The van der Waals surface area contributed by atoms with Gasteiger partial charge in [0, 0.05) is 57.2 Å². The second kappa shape index (κ2) is 8.02. The molecule has 0 radical (unpaired) electrons. The molecule has 0 N–H and O–H groups in total. The highest BCUT2D eigenvalue weighted by Crippen LogP contribution is 2.19. The van der Waals surface area contributed by atoms with Gasteiger partial charge in [0.25, 0.3) is 0 Å². The second-order valence-corrected chi connectivity index (χ2v) is 6.20. The van der Waals surface area contributed by atoms with Crippen molar-refractivity contribution in [3.8, 4) is 0 Å². The van der Waals surface area contributed by atoms with E-state index in [0.29, 0.717) is 12.5 Å². The monoisotopic (exact) mass is 324 g/mol. The number of piperazine rings is 1. The number of hydrogen-bond acceptors (Lipinski definition) is 4. The van der Waals surface area contributed by atoms with Gasteiger partial charge in [-0.1, -0.05) is 6.07 Å². The van der Waals surface area contributed by atoms with Crippen LogP contribution in [0.4, 0.5) is 0 Å². The molecular weight excluding hydrogens is 300 g/mol. The lowest BCUT2D eigenvalue weighted by Gasteiger charge is -2.37. The molecule has 1 aliphatic heterocycles. The first kappa shape index (κ1) is 16.6. The summed E-state index contributed by atoms with van der Waals surface area (Å²) in [6, 6.07) is 10.3. The number of hydrogen-bond donors (Lipinski definition) is 0. The molecule has 1 fully saturated rings. The SMILES string of the molecule is C[C@@H](c1ccccn1)N1CCN(C(=O)CCc2ccncc2)CC1. The highest BCUT2D eigenvalue weighted by atomic mass is 16.2. The third-order valence-electron chi connectivity index (χ3n) is 4.71. The molecule has 1 atom stereocenters. The zero-order valence-corrected chi connectivity index (χ0v) is 14.1. The fourth-order valence-corrected chi connectivity index (χ4v) is 3.13. The Kier molecular flexibility index (Phi) is 5.54. The van der Waals surface area contributed by atoms with Crippen LogP contribution in [0.1, 0.15) is 30.6 Å². The van der Waals surface area contributed by atoms with Crippen molar-refractivity contribution in [3.05, 3.63) is 60.2 Å². The first-order chi connectivity index (χ1) is 11.7. The van der Waals surface area contributed by atoms with Crippen LogP contribution in [0.5, 0.6) is 0 Å². The number of carbonyl (C=O) groups is 1. The summed E-state index contributed by atoms with van der Waals surface area (Å²) in [6.45, 7) is 5.58. The van der Waals surface area contributed by atoms with Gasteiger partial charge < -0.3 is 4.90 Å². The molecule has 2 aromatic heterocycles. The van der Waals surface area contributed by atoms with E-state index in [1.807, 2.05) is 35.4 Å². The molecule has 0 bridgehead atoms. The molecule has 0 unspecified atom stereocenters. The van der Waals surface area contributed by atoms with Crippen LogP contribution in [0.15, 0.2) is 48.9 Å². The summed E-state index contributed by atoms with van der Waals surface area (Å²) in [5.74, 6) is 0.247. The van der Waals surface area contributed by atoms with E-state index in [1.165, 1.54) is 5.56 Å². The van der Waals surface area contributed by atoms with Crippen molar-refractivity contribution in [3.63, 3.8) is 0 Å². The molecule has 3 heterocycles. The zero-order valence-electron chi connectivity index (χ0n) is 14.1. The molecule has 5 nitrogen and oxygen atoms in total. The number of pyridine rings is 2. The Hall–Kier alpha value is -2.27. The maximum absolute atomic E-state index is 12.4. The molecule has 0 spiro atoms. The van der Waals surface area contributed by atoms with E-state index in [4.69, 9.17) is 0 Å². The Balaban J connectivity index is 1.47. The first-order valence-corrected chi connectivity index (χ1v) is 8.55. The Morgan fingerprint density at radius 3 is 2.50 bits per heavy atom. The lowest BCUT2D eigenvalue weighted by Crippen LogP contribution is -2.49. The largest absolute Gasteiger partial charge is 0.340 e. The topological polar surface area (TPSA) is 49.3 Å². The standard InChI is InChI=1S/C19H24N4O/c1-16(18-4-2-3-9-21-18)22-12-14-23(15-13-22)19(24)6-5-17-7-10-20-11-8-17/h2-4,7-11,16H,5-6,12-15H2,1H3/t16-/m0/s1. The fourth-order valence-electron chi connectivity index (χ4n) is 3.13. The van der Waals surface area contributed by atoms with E-state index < -0.39 is 0 Å². The Bertz CT molecular complexity index is 639. The molecule has 3 rings (SSSR count). The van der Waals surface area contributed by atoms with Gasteiger partial charge in [-0.25, -0.2) is 0 Å². The third-order valence-corrected chi connectivity index (χ3v) is 4.71. The maximum Gasteiger partial charge on any atom is 0.222 e. The number of rotatable bonds is 5. The summed E-state index contributed by atoms with van der Waals surface area (Å²) >= 11 is 0. The van der Waals surface area contributed by atoms with Gasteiger partial charge in [0.2, 0.25) is 5.91 Å². The normalized spacial score (nSPS) is 16.8. The molecule has 0 aliphatic carbocycles. The van der Waals surface area contributed by atoms with Crippen LogP contribution in [-0.4, -0.2) is 51.9 Å². The summed E-state index contributed by atoms with van der Waals surface area (Å²) in [7, 11) is 0. The second-order valence-electron chi connectivity index (χ2n) is 6.20. The van der Waals surface area contributed by atoms with E-state index in [-0.39, 0.29) is 5.91 Å². The third kappa shape index (κ3) is 4.17. The molecule has 24 heavy (non-hydrogen) atoms. The minimum atomic E-state index is 0.247. The Morgan fingerprint density at radius 2 is 1.83 bits per heavy atom. The summed E-state index contributed by atoms with van der Waals surface area (Å²) < 4.78 is 0. The molecule has 0 saturated carbocycles. The zero-order chi connectivity index (χ0) is 16.8. The van der Waals surface area contributed by atoms with Gasteiger partial charge in [-0.3, -0.25) is 19.7 Å². The van der Waals surface area contributed by atoms with Crippen LogP contribution in [-0.2, 0) is 11.2 Å². The molecular formula is C19H24N4O. The minimum Gasteiger partial charge on any atom is -0.340 e. The lowest BCUT2D eigenvalue weighted by atomic mass is 10.1. The van der Waals surface area contributed by atoms with Gasteiger partial charge in [-0.2, -0.15) is 0 Å². The highest BCUT2D eigenvalue weighted by molar-refractivity contribution is 5.76. The molecule has 2 aromatic rings. The van der Waals surface area contributed by atoms with E-state index in [1.54, 1.807) is 12.4 Å². The predicted octanol–water partition coefficient (Wildman–Crippen LogP) is 2.31. The van der Waals surface area contributed by atoms with E-state index in [0.717, 1.165) is 38.3 Å². The van der Waals surface area contributed by atoms with Crippen LogP contribution >= 0.6 is 0 Å². The van der Waals surface area contributed by atoms with Crippen LogP contribution in [0.25, 0.3) is 0 Å². The minimum absolute atomic E-state index is 0.247. The van der Waals surface area contributed by atoms with Crippen molar-refractivity contribution in [1.82, 2.24) is 19.8 Å². The van der Waals surface area contributed by atoms with Gasteiger partial charge in [0.15, 0.2) is 0 Å². The van der Waals surface area contributed by atoms with Crippen LogP contribution < -0.4 is 0 Å². The van der Waals surface area contributed by atoms with E-state index in [9.17, 15) is 4.79 Å². The quantitative estimate of drug-likeness (QED) is 0.847. The summed E-state index contributed by atoms with van der Waals surface area (Å²) in [4.78, 5) is 25.2. The fraction of sp³-hybridized carbons (Fsp3) is 0.421. The lowest BCUT2D eigenvalue weighted by molar-refractivity contribution is -0.133. The van der Waals surface area contributed by atoms with Crippen molar-refractivity contribution in [1.29, 1.82) is 0 Å². The van der Waals surface area contributed by atoms with E-state index >= 15 is 0 Å². The maximum atomic E-state index is 12.4. The molecule has 1 saturated heterocycles.